The van der Waals surface area contributed by atoms with Gasteiger partial charge >= 0.3 is 6.18 Å². The molecule has 1 aromatic rings. The number of aromatic nitrogens is 3. The van der Waals surface area contributed by atoms with Crippen LogP contribution in [0.4, 0.5) is 13.2 Å². The Morgan fingerprint density at radius 2 is 1.95 bits per heavy atom. The van der Waals surface area contributed by atoms with Crippen molar-refractivity contribution < 1.29 is 18.3 Å². The van der Waals surface area contributed by atoms with E-state index in [9.17, 15) is 18.3 Å². The molecule has 4 nitrogen and oxygen atoms in total. The molecule has 3 unspecified atom stereocenters. The zero-order valence-electron chi connectivity index (χ0n) is 10.3. The third-order valence-corrected chi connectivity index (χ3v) is 4.02. The Bertz CT molecular complexity index is 455. The van der Waals surface area contributed by atoms with Crippen LogP contribution in [0, 0.1) is 5.92 Å². The van der Waals surface area contributed by atoms with Crippen LogP contribution >= 0.6 is 0 Å². The normalized spacial score (nSPS) is 32.5. The van der Waals surface area contributed by atoms with Gasteiger partial charge in [-0.1, -0.05) is 0 Å². The quantitative estimate of drug-likeness (QED) is 0.901. The third-order valence-electron chi connectivity index (χ3n) is 4.02. The number of hydrogen-bond donors (Lipinski definition) is 1. The minimum atomic E-state index is -4.25. The van der Waals surface area contributed by atoms with Crippen LogP contribution in [-0.2, 0) is 0 Å². The van der Waals surface area contributed by atoms with Crippen molar-refractivity contribution in [2.45, 2.75) is 56.3 Å². The Balaban J connectivity index is 1.84. The number of nitrogens with zero attached hydrogens (tertiary/aromatic N) is 3. The molecule has 7 heteroatoms. The van der Waals surface area contributed by atoms with Crippen molar-refractivity contribution in [1.82, 2.24) is 14.8 Å². The van der Waals surface area contributed by atoms with Gasteiger partial charge in [-0.25, -0.2) is 9.67 Å². The Labute approximate surface area is 108 Å². The van der Waals surface area contributed by atoms with Gasteiger partial charge in [0.05, 0.1) is 18.1 Å². The summed E-state index contributed by atoms with van der Waals surface area (Å²) in [5.74, 6) is -0.482. The van der Waals surface area contributed by atoms with Gasteiger partial charge in [0.2, 0.25) is 0 Å². The van der Waals surface area contributed by atoms with E-state index in [1.165, 1.54) is 11.0 Å². The first-order valence-corrected chi connectivity index (χ1v) is 6.61. The van der Waals surface area contributed by atoms with Crippen LogP contribution < -0.4 is 0 Å². The van der Waals surface area contributed by atoms with E-state index in [1.807, 2.05) is 0 Å². The summed E-state index contributed by atoms with van der Waals surface area (Å²) in [6, 6.07) is -0.830. The SMILES string of the molecule is OC1CCC(C(F)(F)F)C(n2cnc(C3CC3)n2)C1. The van der Waals surface area contributed by atoms with Gasteiger partial charge in [0.1, 0.15) is 6.33 Å². The number of aliphatic hydroxyl groups excluding tert-OH is 1. The number of alkyl halides is 3. The Morgan fingerprint density at radius 3 is 2.58 bits per heavy atom. The minimum absolute atomic E-state index is 0.0477. The molecule has 2 aliphatic carbocycles. The average molecular weight is 275 g/mol. The molecule has 1 N–H and O–H groups in total. The van der Waals surface area contributed by atoms with Crippen molar-refractivity contribution in [3.05, 3.63) is 12.2 Å². The highest BCUT2D eigenvalue weighted by Gasteiger charge is 2.48. The first kappa shape index (κ1) is 12.9. The molecule has 0 amide bonds. The molecule has 1 heterocycles. The largest absolute Gasteiger partial charge is 0.393 e. The van der Waals surface area contributed by atoms with Crippen LogP contribution in [0.2, 0.25) is 0 Å². The van der Waals surface area contributed by atoms with Gasteiger partial charge in [-0.05, 0) is 32.1 Å². The van der Waals surface area contributed by atoms with Crippen molar-refractivity contribution in [1.29, 1.82) is 0 Å². The fourth-order valence-corrected chi connectivity index (χ4v) is 2.78. The van der Waals surface area contributed by atoms with Gasteiger partial charge in [-0.2, -0.15) is 18.3 Å². The molecule has 0 spiro atoms. The molecule has 0 radical (unpaired) electrons. The van der Waals surface area contributed by atoms with Crippen molar-refractivity contribution in [2.75, 3.05) is 0 Å². The van der Waals surface area contributed by atoms with E-state index >= 15 is 0 Å². The summed E-state index contributed by atoms with van der Waals surface area (Å²) in [6.45, 7) is 0. The molecule has 3 atom stereocenters. The lowest BCUT2D eigenvalue weighted by molar-refractivity contribution is -0.199. The zero-order chi connectivity index (χ0) is 13.6. The summed E-state index contributed by atoms with van der Waals surface area (Å²) >= 11 is 0. The minimum Gasteiger partial charge on any atom is -0.393 e. The molecule has 0 bridgehead atoms. The second-order valence-corrected chi connectivity index (χ2v) is 5.54. The summed E-state index contributed by atoms with van der Waals surface area (Å²) in [5.41, 5.74) is 0. The maximum Gasteiger partial charge on any atom is 0.393 e. The number of halogens is 3. The van der Waals surface area contributed by atoms with Gasteiger partial charge in [0, 0.05) is 5.92 Å². The van der Waals surface area contributed by atoms with E-state index in [4.69, 9.17) is 0 Å². The van der Waals surface area contributed by atoms with E-state index < -0.39 is 24.2 Å². The predicted molar refractivity (Wildman–Crippen MR) is 60.4 cm³/mol. The van der Waals surface area contributed by atoms with Gasteiger partial charge in [0.15, 0.2) is 5.82 Å². The molecule has 2 saturated carbocycles. The first-order valence-electron chi connectivity index (χ1n) is 6.61. The van der Waals surface area contributed by atoms with Crippen LogP contribution in [0.1, 0.15) is 49.9 Å². The van der Waals surface area contributed by atoms with Crippen LogP contribution in [0.15, 0.2) is 6.33 Å². The lowest BCUT2D eigenvalue weighted by Crippen LogP contribution is -2.38. The number of hydrogen-bond acceptors (Lipinski definition) is 3. The standard InChI is InChI=1S/C12H16F3N3O/c13-12(14,15)9-4-3-8(19)5-10(9)18-6-16-11(17-18)7-1-2-7/h6-10,19H,1-5H2. The molecule has 1 aromatic heterocycles. The molecular weight excluding hydrogens is 259 g/mol. The zero-order valence-corrected chi connectivity index (χ0v) is 10.3. The van der Waals surface area contributed by atoms with Crippen molar-refractivity contribution in [3.8, 4) is 0 Å². The molecule has 0 aromatic carbocycles. The fraction of sp³-hybridized carbons (Fsp3) is 0.833. The molecular formula is C12H16F3N3O. The number of rotatable bonds is 2. The Morgan fingerprint density at radius 1 is 1.21 bits per heavy atom. The molecule has 106 valence electrons. The summed E-state index contributed by atoms with van der Waals surface area (Å²) in [4.78, 5) is 4.10. The van der Waals surface area contributed by atoms with E-state index in [2.05, 4.69) is 10.1 Å². The lowest BCUT2D eigenvalue weighted by Gasteiger charge is -2.35. The van der Waals surface area contributed by atoms with Crippen molar-refractivity contribution in [2.24, 2.45) is 5.92 Å². The van der Waals surface area contributed by atoms with Crippen LogP contribution in [0.3, 0.4) is 0 Å². The predicted octanol–water partition coefficient (Wildman–Crippen LogP) is 2.42. The van der Waals surface area contributed by atoms with Crippen molar-refractivity contribution >= 4 is 0 Å². The third kappa shape index (κ3) is 2.61. The Hall–Kier alpha value is -1.11. The van der Waals surface area contributed by atoms with Crippen LogP contribution in [-0.4, -0.2) is 32.2 Å². The maximum atomic E-state index is 13.0. The highest BCUT2D eigenvalue weighted by Crippen LogP contribution is 2.44. The second kappa shape index (κ2) is 4.47. The molecule has 2 aliphatic rings. The van der Waals surface area contributed by atoms with Gasteiger partial charge < -0.3 is 5.11 Å². The summed E-state index contributed by atoms with van der Waals surface area (Å²) in [5, 5.41) is 13.8. The van der Waals surface area contributed by atoms with E-state index in [1.54, 1.807) is 0 Å². The average Bonchev–Trinajstić information content (AvgIpc) is 3.05. The van der Waals surface area contributed by atoms with E-state index in [0.717, 1.165) is 12.8 Å². The van der Waals surface area contributed by atoms with Crippen LogP contribution in [0.25, 0.3) is 0 Å². The molecule has 0 saturated heterocycles. The van der Waals surface area contributed by atoms with Crippen molar-refractivity contribution in [3.63, 3.8) is 0 Å². The second-order valence-electron chi connectivity index (χ2n) is 5.54. The Kier molecular flexibility index (Phi) is 3.03. The number of aliphatic hydroxyl groups is 1. The highest BCUT2D eigenvalue weighted by molar-refractivity contribution is 5.03. The fourth-order valence-electron chi connectivity index (χ4n) is 2.78. The van der Waals surface area contributed by atoms with E-state index in [0.29, 0.717) is 11.7 Å². The monoisotopic (exact) mass is 275 g/mol. The molecule has 2 fully saturated rings. The maximum absolute atomic E-state index is 13.0. The lowest BCUT2D eigenvalue weighted by atomic mass is 9.82. The molecule has 3 rings (SSSR count). The van der Waals surface area contributed by atoms with Gasteiger partial charge in [-0.15, -0.1) is 0 Å². The summed E-state index contributed by atoms with van der Waals surface area (Å²) in [7, 11) is 0. The smallest absolute Gasteiger partial charge is 0.393 e. The van der Waals surface area contributed by atoms with E-state index in [-0.39, 0.29) is 19.3 Å². The van der Waals surface area contributed by atoms with Gasteiger partial charge in [0.25, 0.3) is 0 Å². The van der Waals surface area contributed by atoms with Gasteiger partial charge in [-0.3, -0.25) is 0 Å². The molecule has 0 aliphatic heterocycles. The summed E-state index contributed by atoms with van der Waals surface area (Å²) in [6.07, 6.45) is -1.28. The summed E-state index contributed by atoms with van der Waals surface area (Å²) < 4.78 is 40.4. The molecule has 19 heavy (non-hydrogen) atoms. The topological polar surface area (TPSA) is 50.9 Å². The highest BCUT2D eigenvalue weighted by atomic mass is 19.4. The first-order chi connectivity index (χ1) is 8.95. The van der Waals surface area contributed by atoms with Crippen LogP contribution in [0.5, 0.6) is 0 Å².